The van der Waals surface area contributed by atoms with Gasteiger partial charge >= 0.3 is 0 Å². The normalized spacial score (nSPS) is 17.3. The molecule has 0 aromatic carbocycles. The van der Waals surface area contributed by atoms with Crippen molar-refractivity contribution in [2.24, 2.45) is 5.92 Å². The highest BCUT2D eigenvalue weighted by Gasteiger charge is 2.17. The second-order valence-electron chi connectivity index (χ2n) is 4.77. The Morgan fingerprint density at radius 3 is 3.00 bits per heavy atom. The maximum Gasteiger partial charge on any atom is 0.177 e. The summed E-state index contributed by atoms with van der Waals surface area (Å²) in [6.07, 6.45) is 7.36. The van der Waals surface area contributed by atoms with Gasteiger partial charge in [-0.05, 0) is 37.8 Å². The fourth-order valence-corrected chi connectivity index (χ4v) is 2.75. The van der Waals surface area contributed by atoms with Gasteiger partial charge in [-0.3, -0.25) is 0 Å². The van der Waals surface area contributed by atoms with Crippen molar-refractivity contribution in [1.82, 2.24) is 14.5 Å². The van der Waals surface area contributed by atoms with Gasteiger partial charge in [0.25, 0.3) is 0 Å². The van der Waals surface area contributed by atoms with E-state index in [2.05, 4.69) is 27.5 Å². The zero-order valence-corrected chi connectivity index (χ0v) is 9.69. The third-order valence-corrected chi connectivity index (χ3v) is 3.63. The van der Waals surface area contributed by atoms with E-state index in [1.807, 2.05) is 12.3 Å². The monoisotopic (exact) mass is 215 g/mol. The molecule has 0 radical (unpaired) electrons. The lowest BCUT2D eigenvalue weighted by Gasteiger charge is -2.12. The molecular weight excluding hydrogens is 198 g/mol. The van der Waals surface area contributed by atoms with Crippen molar-refractivity contribution in [2.75, 3.05) is 0 Å². The number of aryl methyl sites for hydroxylation is 1. The topological polar surface area (TPSA) is 30.7 Å². The third-order valence-electron chi connectivity index (χ3n) is 3.63. The summed E-state index contributed by atoms with van der Waals surface area (Å²) in [6.45, 7) is 3.20. The van der Waals surface area contributed by atoms with E-state index in [4.69, 9.17) is 0 Å². The Bertz CT molecular complexity index is 495. The summed E-state index contributed by atoms with van der Waals surface area (Å²) in [4.78, 5) is 8.81. The Balaban J connectivity index is 1.98. The van der Waals surface area contributed by atoms with Gasteiger partial charge in [-0.1, -0.05) is 12.8 Å². The van der Waals surface area contributed by atoms with Crippen LogP contribution in [0.1, 0.15) is 31.5 Å². The van der Waals surface area contributed by atoms with Crippen LogP contribution in [0, 0.1) is 12.8 Å². The van der Waals surface area contributed by atoms with Gasteiger partial charge in [0.05, 0.1) is 5.52 Å². The van der Waals surface area contributed by atoms with Crippen molar-refractivity contribution in [3.8, 4) is 0 Å². The van der Waals surface area contributed by atoms with Gasteiger partial charge < -0.3 is 4.57 Å². The summed E-state index contributed by atoms with van der Waals surface area (Å²) < 4.78 is 2.33. The van der Waals surface area contributed by atoms with Crippen LogP contribution in [0.25, 0.3) is 11.2 Å². The maximum atomic E-state index is 4.51. The molecular formula is C13H17N3. The van der Waals surface area contributed by atoms with Gasteiger partial charge in [-0.25, -0.2) is 9.97 Å². The van der Waals surface area contributed by atoms with Crippen molar-refractivity contribution in [2.45, 2.75) is 39.2 Å². The predicted molar refractivity (Wildman–Crippen MR) is 64.2 cm³/mol. The molecule has 3 rings (SSSR count). The minimum absolute atomic E-state index is 0.844. The molecule has 0 unspecified atom stereocenters. The van der Waals surface area contributed by atoms with Crippen LogP contribution in [-0.4, -0.2) is 14.5 Å². The first-order valence-corrected chi connectivity index (χ1v) is 6.12. The minimum atomic E-state index is 0.844. The van der Waals surface area contributed by atoms with E-state index in [0.717, 1.165) is 23.9 Å². The average Bonchev–Trinajstić information content (AvgIpc) is 2.89. The Morgan fingerprint density at radius 2 is 2.19 bits per heavy atom. The molecule has 0 atom stereocenters. The number of hydrogen-bond donors (Lipinski definition) is 0. The van der Waals surface area contributed by atoms with Crippen molar-refractivity contribution >= 4 is 11.2 Å². The quantitative estimate of drug-likeness (QED) is 0.771. The van der Waals surface area contributed by atoms with Gasteiger partial charge in [0, 0.05) is 12.7 Å². The van der Waals surface area contributed by atoms with E-state index in [-0.39, 0.29) is 0 Å². The van der Waals surface area contributed by atoms with Crippen molar-refractivity contribution in [3.63, 3.8) is 0 Å². The van der Waals surface area contributed by atoms with Gasteiger partial charge in [0.2, 0.25) is 0 Å². The molecule has 84 valence electrons. The summed E-state index contributed by atoms with van der Waals surface area (Å²) in [5.41, 5.74) is 2.07. The lowest BCUT2D eigenvalue weighted by atomic mass is 10.1. The number of fused-ring (bicyclic) bond motifs is 1. The molecule has 1 aliphatic carbocycles. The van der Waals surface area contributed by atoms with E-state index in [0.29, 0.717) is 0 Å². The standard InChI is InChI=1S/C13H17N3/c1-10-15-13-12(7-4-8-14-13)16(10)9-11-5-2-3-6-11/h4,7-8,11H,2-3,5-6,9H2,1H3. The molecule has 2 aromatic heterocycles. The molecule has 1 aliphatic rings. The third kappa shape index (κ3) is 1.60. The molecule has 1 fully saturated rings. The zero-order valence-electron chi connectivity index (χ0n) is 9.69. The molecule has 0 spiro atoms. The average molecular weight is 215 g/mol. The molecule has 1 saturated carbocycles. The van der Waals surface area contributed by atoms with Crippen LogP contribution in [0.3, 0.4) is 0 Å². The highest BCUT2D eigenvalue weighted by molar-refractivity contribution is 5.71. The number of rotatable bonds is 2. The van der Waals surface area contributed by atoms with Crippen LogP contribution in [0.4, 0.5) is 0 Å². The van der Waals surface area contributed by atoms with Crippen molar-refractivity contribution in [1.29, 1.82) is 0 Å². The fourth-order valence-electron chi connectivity index (χ4n) is 2.75. The van der Waals surface area contributed by atoms with Gasteiger partial charge in [-0.15, -0.1) is 0 Å². The summed E-state index contributed by atoms with van der Waals surface area (Å²) in [6, 6.07) is 4.12. The molecule has 2 heterocycles. The molecule has 0 saturated heterocycles. The van der Waals surface area contributed by atoms with Crippen LogP contribution >= 0.6 is 0 Å². The van der Waals surface area contributed by atoms with E-state index < -0.39 is 0 Å². The summed E-state index contributed by atoms with van der Waals surface area (Å²) >= 11 is 0. The van der Waals surface area contributed by atoms with E-state index in [9.17, 15) is 0 Å². The van der Waals surface area contributed by atoms with E-state index >= 15 is 0 Å². The predicted octanol–water partition coefficient (Wildman–Crippen LogP) is 2.93. The Morgan fingerprint density at radius 1 is 1.38 bits per heavy atom. The SMILES string of the molecule is Cc1nc2ncccc2n1CC1CCCC1. The van der Waals surface area contributed by atoms with Gasteiger partial charge in [-0.2, -0.15) is 0 Å². The van der Waals surface area contributed by atoms with Crippen LogP contribution in [0.2, 0.25) is 0 Å². The van der Waals surface area contributed by atoms with Gasteiger partial charge in [0.1, 0.15) is 5.82 Å². The first kappa shape index (κ1) is 9.82. The minimum Gasteiger partial charge on any atom is -0.327 e. The Hall–Kier alpha value is -1.38. The van der Waals surface area contributed by atoms with Crippen LogP contribution in [0.5, 0.6) is 0 Å². The van der Waals surface area contributed by atoms with Crippen molar-refractivity contribution < 1.29 is 0 Å². The molecule has 3 heteroatoms. The lowest BCUT2D eigenvalue weighted by Crippen LogP contribution is -2.08. The molecule has 0 bridgehead atoms. The number of pyridine rings is 1. The lowest BCUT2D eigenvalue weighted by molar-refractivity contribution is 0.458. The first-order chi connectivity index (χ1) is 7.84. The fraction of sp³-hybridized carbons (Fsp3) is 0.538. The number of aromatic nitrogens is 3. The number of imidazole rings is 1. The smallest absolute Gasteiger partial charge is 0.177 e. The number of nitrogens with zero attached hydrogens (tertiary/aromatic N) is 3. The molecule has 0 amide bonds. The maximum absolute atomic E-state index is 4.51. The summed E-state index contributed by atoms with van der Waals surface area (Å²) in [7, 11) is 0. The number of hydrogen-bond acceptors (Lipinski definition) is 2. The second-order valence-corrected chi connectivity index (χ2v) is 4.77. The van der Waals surface area contributed by atoms with E-state index in [1.165, 1.54) is 31.2 Å². The Kier molecular flexibility index (Phi) is 2.39. The van der Waals surface area contributed by atoms with Crippen molar-refractivity contribution in [3.05, 3.63) is 24.2 Å². The highest BCUT2D eigenvalue weighted by atomic mass is 15.1. The van der Waals surface area contributed by atoms with Crippen LogP contribution in [-0.2, 0) is 6.54 Å². The van der Waals surface area contributed by atoms with Crippen LogP contribution in [0.15, 0.2) is 18.3 Å². The van der Waals surface area contributed by atoms with E-state index in [1.54, 1.807) is 0 Å². The summed E-state index contributed by atoms with van der Waals surface area (Å²) in [5, 5.41) is 0. The van der Waals surface area contributed by atoms with Gasteiger partial charge in [0.15, 0.2) is 5.65 Å². The molecule has 2 aromatic rings. The molecule has 3 nitrogen and oxygen atoms in total. The molecule has 16 heavy (non-hydrogen) atoms. The largest absolute Gasteiger partial charge is 0.327 e. The highest BCUT2D eigenvalue weighted by Crippen LogP contribution is 2.27. The Labute approximate surface area is 95.5 Å². The second kappa shape index (κ2) is 3.89. The molecule has 0 aliphatic heterocycles. The summed E-state index contributed by atoms with van der Waals surface area (Å²) in [5.74, 6) is 1.94. The molecule has 0 N–H and O–H groups in total. The first-order valence-electron chi connectivity index (χ1n) is 6.12. The van der Waals surface area contributed by atoms with Crippen LogP contribution < -0.4 is 0 Å². The zero-order chi connectivity index (χ0) is 11.0.